The van der Waals surface area contributed by atoms with Gasteiger partial charge >= 0.3 is 0 Å². The molecular formula is C16H16N2O4. The van der Waals surface area contributed by atoms with E-state index in [2.05, 4.69) is 10.5 Å². The number of aliphatic hydroxyl groups is 1. The standard InChI is InChI=1S/C16H16N2O4/c1-22-13-9-5-8-12(14(13)19)10-17-18-16(21)15(20)11-6-3-2-4-7-11/h2-10,15,19-20H,1H3,(H,18,21)/b17-10+. The Bertz CT molecular complexity index is 671. The number of hydrazone groups is 1. The summed E-state index contributed by atoms with van der Waals surface area (Å²) in [5.41, 5.74) is 3.08. The Kier molecular flexibility index (Phi) is 5.11. The third-order valence-electron chi connectivity index (χ3n) is 2.99. The molecule has 0 fully saturated rings. The molecule has 6 nitrogen and oxygen atoms in total. The lowest BCUT2D eigenvalue weighted by Gasteiger charge is -2.08. The Morgan fingerprint density at radius 2 is 1.95 bits per heavy atom. The second-order valence-corrected chi connectivity index (χ2v) is 4.45. The topological polar surface area (TPSA) is 91.2 Å². The third-order valence-corrected chi connectivity index (χ3v) is 2.99. The molecule has 0 aliphatic carbocycles. The third kappa shape index (κ3) is 3.62. The van der Waals surface area contributed by atoms with Gasteiger partial charge in [-0.2, -0.15) is 5.10 Å². The fourth-order valence-corrected chi connectivity index (χ4v) is 1.82. The Labute approximate surface area is 127 Å². The number of phenols is 1. The monoisotopic (exact) mass is 300 g/mol. The highest BCUT2D eigenvalue weighted by atomic mass is 16.5. The molecule has 0 bridgehead atoms. The number of aliphatic hydroxyl groups excluding tert-OH is 1. The van der Waals surface area contributed by atoms with Gasteiger partial charge in [0.2, 0.25) is 0 Å². The highest BCUT2D eigenvalue weighted by Crippen LogP contribution is 2.27. The number of methoxy groups -OCH3 is 1. The van der Waals surface area contributed by atoms with Crippen molar-refractivity contribution in [1.29, 1.82) is 0 Å². The van der Waals surface area contributed by atoms with Crippen LogP contribution in [0.5, 0.6) is 11.5 Å². The molecule has 0 radical (unpaired) electrons. The van der Waals surface area contributed by atoms with Gasteiger partial charge in [-0.1, -0.05) is 36.4 Å². The first kappa shape index (κ1) is 15.5. The first-order valence-corrected chi connectivity index (χ1v) is 6.55. The largest absolute Gasteiger partial charge is 0.504 e. The molecule has 1 amide bonds. The van der Waals surface area contributed by atoms with Crippen molar-refractivity contribution in [2.45, 2.75) is 6.10 Å². The molecule has 0 spiro atoms. The number of hydrogen-bond acceptors (Lipinski definition) is 5. The number of phenolic OH excluding ortho intramolecular Hbond substituents is 1. The molecule has 0 saturated carbocycles. The van der Waals surface area contributed by atoms with E-state index >= 15 is 0 Å². The zero-order valence-electron chi connectivity index (χ0n) is 11.9. The minimum Gasteiger partial charge on any atom is -0.504 e. The molecule has 22 heavy (non-hydrogen) atoms. The lowest BCUT2D eigenvalue weighted by molar-refractivity contribution is -0.129. The van der Waals surface area contributed by atoms with E-state index in [4.69, 9.17) is 4.74 Å². The molecule has 1 unspecified atom stereocenters. The summed E-state index contributed by atoms with van der Waals surface area (Å²) in [4.78, 5) is 11.8. The molecule has 0 aliphatic heterocycles. The van der Waals surface area contributed by atoms with Crippen molar-refractivity contribution in [3.8, 4) is 11.5 Å². The van der Waals surface area contributed by atoms with Crippen molar-refractivity contribution >= 4 is 12.1 Å². The predicted octanol–water partition coefficient (Wildman–Crippen LogP) is 1.58. The van der Waals surface area contributed by atoms with Crippen molar-refractivity contribution in [3.63, 3.8) is 0 Å². The smallest absolute Gasteiger partial charge is 0.273 e. The van der Waals surface area contributed by atoms with Gasteiger partial charge in [-0.05, 0) is 17.7 Å². The Morgan fingerprint density at radius 3 is 2.64 bits per heavy atom. The predicted molar refractivity (Wildman–Crippen MR) is 81.8 cm³/mol. The Morgan fingerprint density at radius 1 is 1.23 bits per heavy atom. The summed E-state index contributed by atoms with van der Waals surface area (Å²) < 4.78 is 4.97. The van der Waals surface area contributed by atoms with Crippen molar-refractivity contribution in [3.05, 3.63) is 59.7 Å². The number of para-hydroxylation sites is 1. The summed E-state index contributed by atoms with van der Waals surface area (Å²) in [6, 6.07) is 13.4. The van der Waals surface area contributed by atoms with Crippen molar-refractivity contribution in [2.24, 2.45) is 5.10 Å². The van der Waals surface area contributed by atoms with Crippen molar-refractivity contribution in [1.82, 2.24) is 5.43 Å². The van der Waals surface area contributed by atoms with Crippen LogP contribution < -0.4 is 10.2 Å². The molecule has 2 aromatic rings. The van der Waals surface area contributed by atoms with Crippen LogP contribution in [0.2, 0.25) is 0 Å². The zero-order chi connectivity index (χ0) is 15.9. The average molecular weight is 300 g/mol. The van der Waals surface area contributed by atoms with E-state index in [1.54, 1.807) is 48.5 Å². The second-order valence-electron chi connectivity index (χ2n) is 4.45. The molecule has 0 saturated heterocycles. The van der Waals surface area contributed by atoms with Crippen LogP contribution in [-0.4, -0.2) is 29.4 Å². The van der Waals surface area contributed by atoms with Gasteiger partial charge in [-0.25, -0.2) is 5.43 Å². The minimum atomic E-state index is -1.31. The van der Waals surface area contributed by atoms with Gasteiger partial charge in [0.05, 0.1) is 13.3 Å². The number of carbonyl (C=O) groups is 1. The number of rotatable bonds is 5. The quantitative estimate of drug-likeness (QED) is 0.577. The van der Waals surface area contributed by atoms with Crippen LogP contribution in [0, 0.1) is 0 Å². The molecule has 3 N–H and O–H groups in total. The molecule has 6 heteroatoms. The van der Waals surface area contributed by atoms with Crippen LogP contribution in [0.15, 0.2) is 53.6 Å². The summed E-state index contributed by atoms with van der Waals surface area (Å²) in [6.07, 6.45) is -0.0368. The minimum absolute atomic E-state index is 0.0772. The van der Waals surface area contributed by atoms with Gasteiger partial charge in [0.1, 0.15) is 0 Å². The van der Waals surface area contributed by atoms with Crippen LogP contribution >= 0.6 is 0 Å². The van der Waals surface area contributed by atoms with Crippen LogP contribution in [0.25, 0.3) is 0 Å². The van der Waals surface area contributed by atoms with Gasteiger partial charge < -0.3 is 14.9 Å². The van der Waals surface area contributed by atoms with Gasteiger partial charge in [-0.15, -0.1) is 0 Å². The maximum atomic E-state index is 11.8. The average Bonchev–Trinajstić information content (AvgIpc) is 2.56. The SMILES string of the molecule is COc1cccc(/C=N/NC(=O)C(O)c2ccccc2)c1O. The number of carbonyl (C=O) groups excluding carboxylic acids is 1. The zero-order valence-corrected chi connectivity index (χ0v) is 11.9. The first-order chi connectivity index (χ1) is 10.6. The summed E-state index contributed by atoms with van der Waals surface area (Å²) in [5.74, 6) is -0.434. The maximum Gasteiger partial charge on any atom is 0.273 e. The fourth-order valence-electron chi connectivity index (χ4n) is 1.82. The number of amides is 1. The molecule has 0 heterocycles. The normalized spacial score (nSPS) is 12.1. The van der Waals surface area contributed by atoms with Crippen LogP contribution in [-0.2, 0) is 4.79 Å². The van der Waals surface area contributed by atoms with Crippen LogP contribution in [0.4, 0.5) is 0 Å². The van der Waals surface area contributed by atoms with Crippen molar-refractivity contribution < 1.29 is 19.7 Å². The number of benzene rings is 2. The lowest BCUT2D eigenvalue weighted by atomic mass is 10.1. The van der Waals surface area contributed by atoms with E-state index in [1.165, 1.54) is 13.3 Å². The van der Waals surface area contributed by atoms with Gasteiger partial charge in [0.15, 0.2) is 17.6 Å². The van der Waals surface area contributed by atoms with Crippen molar-refractivity contribution in [2.75, 3.05) is 7.11 Å². The van der Waals surface area contributed by atoms with Crippen LogP contribution in [0.1, 0.15) is 17.2 Å². The van der Waals surface area contributed by atoms with E-state index in [1.807, 2.05) is 0 Å². The molecule has 2 aromatic carbocycles. The summed E-state index contributed by atoms with van der Waals surface area (Å²) >= 11 is 0. The van der Waals surface area contributed by atoms with E-state index in [9.17, 15) is 15.0 Å². The first-order valence-electron chi connectivity index (χ1n) is 6.55. The number of ether oxygens (including phenoxy) is 1. The molecule has 114 valence electrons. The summed E-state index contributed by atoms with van der Waals surface area (Å²) in [5, 5.41) is 23.5. The fraction of sp³-hybridized carbons (Fsp3) is 0.125. The highest BCUT2D eigenvalue weighted by molar-refractivity contribution is 5.87. The van der Waals surface area contributed by atoms with Crippen LogP contribution in [0.3, 0.4) is 0 Å². The summed E-state index contributed by atoms with van der Waals surface area (Å²) in [6.45, 7) is 0. The second kappa shape index (κ2) is 7.24. The lowest BCUT2D eigenvalue weighted by Crippen LogP contribution is -2.25. The van der Waals surface area contributed by atoms with E-state index < -0.39 is 12.0 Å². The Balaban J connectivity index is 2.02. The molecule has 2 rings (SSSR count). The maximum absolute atomic E-state index is 11.8. The number of nitrogens with one attached hydrogen (secondary N) is 1. The number of aromatic hydroxyl groups is 1. The molecule has 1 atom stereocenters. The molecule has 0 aliphatic rings. The Hall–Kier alpha value is -2.86. The highest BCUT2D eigenvalue weighted by Gasteiger charge is 2.16. The van der Waals surface area contributed by atoms with E-state index in [0.29, 0.717) is 16.9 Å². The van der Waals surface area contributed by atoms with Gasteiger partial charge in [0, 0.05) is 5.56 Å². The summed E-state index contributed by atoms with van der Waals surface area (Å²) in [7, 11) is 1.44. The van der Waals surface area contributed by atoms with Gasteiger partial charge in [-0.3, -0.25) is 4.79 Å². The number of nitrogens with zero attached hydrogens (tertiary/aromatic N) is 1. The number of hydrogen-bond donors (Lipinski definition) is 3. The molecular weight excluding hydrogens is 284 g/mol. The van der Waals surface area contributed by atoms with Gasteiger partial charge in [0.25, 0.3) is 5.91 Å². The molecule has 0 aromatic heterocycles. The van der Waals surface area contributed by atoms with E-state index in [0.717, 1.165) is 0 Å². The van der Waals surface area contributed by atoms with E-state index in [-0.39, 0.29) is 5.75 Å².